The first-order valence-corrected chi connectivity index (χ1v) is 9.82. The van der Waals surface area contributed by atoms with Crippen LogP contribution in [0.1, 0.15) is 34.8 Å². The van der Waals surface area contributed by atoms with Gasteiger partial charge in [0.25, 0.3) is 0 Å². The molecule has 1 N–H and O–H groups in total. The lowest BCUT2D eigenvalue weighted by Gasteiger charge is -2.18. The molecule has 4 rings (SSSR count). The Bertz CT molecular complexity index is 1160. The van der Waals surface area contributed by atoms with Gasteiger partial charge in [0.05, 0.1) is 12.2 Å². The second-order valence-electron chi connectivity index (χ2n) is 6.71. The van der Waals surface area contributed by atoms with Crippen LogP contribution in [-0.2, 0) is 4.74 Å². The smallest absolute Gasteiger partial charge is 0.338 e. The van der Waals surface area contributed by atoms with Gasteiger partial charge >= 0.3 is 5.97 Å². The third-order valence-electron chi connectivity index (χ3n) is 4.63. The average Bonchev–Trinajstić information content (AvgIpc) is 3.29. The Balaban J connectivity index is 1.66. The van der Waals surface area contributed by atoms with Gasteiger partial charge < -0.3 is 14.5 Å². The van der Waals surface area contributed by atoms with E-state index in [0.717, 1.165) is 5.56 Å². The van der Waals surface area contributed by atoms with Crippen molar-refractivity contribution in [3.8, 4) is 11.5 Å². The molecule has 0 aliphatic heterocycles. The van der Waals surface area contributed by atoms with Gasteiger partial charge in [0.1, 0.15) is 11.9 Å². The van der Waals surface area contributed by atoms with Crippen molar-refractivity contribution in [1.29, 1.82) is 0 Å². The summed E-state index contributed by atoms with van der Waals surface area (Å²) >= 11 is 0. The van der Waals surface area contributed by atoms with Crippen molar-refractivity contribution >= 4 is 11.7 Å². The number of benzene rings is 3. The van der Waals surface area contributed by atoms with E-state index in [1.54, 1.807) is 49.4 Å². The Kier molecular flexibility index (Phi) is 6.03. The summed E-state index contributed by atoms with van der Waals surface area (Å²) in [4.78, 5) is 11.9. The molecule has 1 heterocycles. The fourth-order valence-electron chi connectivity index (χ4n) is 3.11. The van der Waals surface area contributed by atoms with Gasteiger partial charge in [-0.3, -0.25) is 0 Å². The molecule has 0 aliphatic rings. The Morgan fingerprint density at radius 2 is 1.71 bits per heavy atom. The maximum absolute atomic E-state index is 14.6. The fraction of sp³-hybridized carbons (Fsp3) is 0.125. The monoisotopic (exact) mass is 417 g/mol. The van der Waals surface area contributed by atoms with Crippen molar-refractivity contribution in [3.63, 3.8) is 0 Å². The van der Waals surface area contributed by atoms with E-state index >= 15 is 0 Å². The number of esters is 1. The minimum Gasteiger partial charge on any atom is -0.462 e. The van der Waals surface area contributed by atoms with Gasteiger partial charge in [-0.05, 0) is 49.4 Å². The lowest BCUT2D eigenvalue weighted by molar-refractivity contribution is 0.0526. The first-order chi connectivity index (χ1) is 15.2. The molecule has 0 fully saturated rings. The highest BCUT2D eigenvalue weighted by atomic mass is 19.1. The van der Waals surface area contributed by atoms with Crippen LogP contribution in [0.15, 0.2) is 83.3 Å². The van der Waals surface area contributed by atoms with Gasteiger partial charge in [-0.15, -0.1) is 10.2 Å². The number of aromatic nitrogens is 2. The fourth-order valence-corrected chi connectivity index (χ4v) is 3.11. The van der Waals surface area contributed by atoms with Gasteiger partial charge in [-0.25, -0.2) is 9.18 Å². The molecule has 0 radical (unpaired) electrons. The predicted octanol–water partition coefficient (Wildman–Crippen LogP) is 5.25. The quantitative estimate of drug-likeness (QED) is 0.414. The predicted molar refractivity (Wildman–Crippen MR) is 114 cm³/mol. The molecule has 0 amide bonds. The summed E-state index contributed by atoms with van der Waals surface area (Å²) in [6.07, 6.45) is 0. The number of anilines is 1. The van der Waals surface area contributed by atoms with Crippen LogP contribution in [0, 0.1) is 5.82 Å². The molecule has 0 aliphatic carbocycles. The van der Waals surface area contributed by atoms with Crippen LogP contribution >= 0.6 is 0 Å². The molecule has 0 bridgehead atoms. The molecule has 0 unspecified atom stereocenters. The van der Waals surface area contributed by atoms with Gasteiger partial charge in [0.2, 0.25) is 11.8 Å². The van der Waals surface area contributed by atoms with Crippen molar-refractivity contribution < 1.29 is 18.3 Å². The number of carbonyl (C=O) groups is 1. The number of ether oxygens (including phenoxy) is 1. The lowest BCUT2D eigenvalue weighted by atomic mass is 10.1. The Labute approximate surface area is 178 Å². The first-order valence-electron chi connectivity index (χ1n) is 9.82. The van der Waals surface area contributed by atoms with Crippen LogP contribution in [0.25, 0.3) is 11.5 Å². The standard InChI is InChI=1S/C24H20FN3O3/c1-2-30-24(29)17-12-14-18(15-13-17)26-21(19-10-6-7-11-20(19)25)23-28-27-22(31-23)16-8-4-3-5-9-16/h3-15,21,26H,2H2,1H3/t21-/m0/s1. The normalized spacial score (nSPS) is 11.7. The number of rotatable bonds is 7. The summed E-state index contributed by atoms with van der Waals surface area (Å²) in [6.45, 7) is 2.05. The van der Waals surface area contributed by atoms with Gasteiger partial charge in [-0.2, -0.15) is 0 Å². The second-order valence-corrected chi connectivity index (χ2v) is 6.71. The van der Waals surface area contributed by atoms with Gasteiger partial charge in [-0.1, -0.05) is 36.4 Å². The molecular weight excluding hydrogens is 397 g/mol. The second kappa shape index (κ2) is 9.21. The summed E-state index contributed by atoms with van der Waals surface area (Å²) in [7, 11) is 0. The van der Waals surface area contributed by atoms with Crippen molar-refractivity contribution in [2.75, 3.05) is 11.9 Å². The van der Waals surface area contributed by atoms with E-state index in [-0.39, 0.29) is 5.89 Å². The first kappa shape index (κ1) is 20.3. The largest absolute Gasteiger partial charge is 0.462 e. The zero-order valence-corrected chi connectivity index (χ0v) is 16.8. The molecule has 1 aromatic heterocycles. The maximum Gasteiger partial charge on any atom is 0.338 e. The minimum absolute atomic E-state index is 0.221. The molecule has 31 heavy (non-hydrogen) atoms. The highest BCUT2D eigenvalue weighted by Crippen LogP contribution is 2.30. The molecular formula is C24H20FN3O3. The number of carbonyl (C=O) groups excluding carboxylic acids is 1. The zero-order chi connectivity index (χ0) is 21.6. The van der Waals surface area contributed by atoms with E-state index in [2.05, 4.69) is 15.5 Å². The van der Waals surface area contributed by atoms with E-state index in [1.165, 1.54) is 6.07 Å². The highest BCUT2D eigenvalue weighted by molar-refractivity contribution is 5.89. The van der Waals surface area contributed by atoms with Crippen LogP contribution in [0.2, 0.25) is 0 Å². The summed E-state index contributed by atoms with van der Waals surface area (Å²) in [5.74, 6) is -0.235. The van der Waals surface area contributed by atoms with Crippen molar-refractivity contribution in [1.82, 2.24) is 10.2 Å². The molecule has 1 atom stereocenters. The number of nitrogens with one attached hydrogen (secondary N) is 1. The third kappa shape index (κ3) is 4.61. The highest BCUT2D eigenvalue weighted by Gasteiger charge is 2.24. The molecule has 156 valence electrons. The van der Waals surface area contributed by atoms with Gasteiger partial charge in [0.15, 0.2) is 0 Å². The number of halogens is 1. The summed E-state index contributed by atoms with van der Waals surface area (Å²) in [6, 6.07) is 21.7. The van der Waals surface area contributed by atoms with E-state index in [1.807, 2.05) is 30.3 Å². The number of hydrogen-bond acceptors (Lipinski definition) is 6. The molecule has 6 nitrogen and oxygen atoms in total. The minimum atomic E-state index is -0.723. The zero-order valence-electron chi connectivity index (χ0n) is 16.8. The molecule has 0 saturated carbocycles. The number of nitrogens with zero attached hydrogens (tertiary/aromatic N) is 2. The van der Waals surface area contributed by atoms with E-state index in [4.69, 9.17) is 9.15 Å². The van der Waals surface area contributed by atoms with Crippen molar-refractivity contribution in [2.24, 2.45) is 0 Å². The molecule has 3 aromatic carbocycles. The molecule has 7 heteroatoms. The van der Waals surface area contributed by atoms with Crippen LogP contribution in [0.3, 0.4) is 0 Å². The summed E-state index contributed by atoms with van der Waals surface area (Å²) in [5, 5.41) is 11.5. The SMILES string of the molecule is CCOC(=O)c1ccc(N[C@H](c2nnc(-c3ccccc3)o2)c2ccccc2F)cc1. The van der Waals surface area contributed by atoms with Crippen LogP contribution in [0.4, 0.5) is 10.1 Å². The van der Waals surface area contributed by atoms with E-state index < -0.39 is 17.8 Å². The average molecular weight is 417 g/mol. The third-order valence-corrected chi connectivity index (χ3v) is 4.63. The maximum atomic E-state index is 14.6. The van der Waals surface area contributed by atoms with E-state index in [0.29, 0.717) is 29.3 Å². The molecule has 0 saturated heterocycles. The van der Waals surface area contributed by atoms with Crippen molar-refractivity contribution in [3.05, 3.63) is 102 Å². The summed E-state index contributed by atoms with van der Waals surface area (Å²) < 4.78 is 25.5. The molecule has 0 spiro atoms. The molecule has 4 aromatic rings. The van der Waals surface area contributed by atoms with Crippen LogP contribution < -0.4 is 5.32 Å². The Morgan fingerprint density at radius 1 is 1.00 bits per heavy atom. The Morgan fingerprint density at radius 3 is 2.42 bits per heavy atom. The summed E-state index contributed by atoms with van der Waals surface area (Å²) in [5.41, 5.74) is 2.22. The van der Waals surface area contributed by atoms with Crippen LogP contribution in [-0.4, -0.2) is 22.8 Å². The van der Waals surface area contributed by atoms with E-state index in [9.17, 15) is 9.18 Å². The lowest BCUT2D eigenvalue weighted by Crippen LogP contribution is -2.14. The van der Waals surface area contributed by atoms with Crippen LogP contribution in [0.5, 0.6) is 0 Å². The van der Waals surface area contributed by atoms with Gasteiger partial charge in [0, 0.05) is 16.8 Å². The Hall–Kier alpha value is -4.00. The topological polar surface area (TPSA) is 77.2 Å². The van der Waals surface area contributed by atoms with Crippen molar-refractivity contribution in [2.45, 2.75) is 13.0 Å². The number of hydrogen-bond donors (Lipinski definition) is 1.